The Morgan fingerprint density at radius 3 is 2.17 bits per heavy atom. The average molecular weight is 251 g/mol. The summed E-state index contributed by atoms with van der Waals surface area (Å²) in [6.45, 7) is 0. The van der Waals surface area contributed by atoms with Crippen LogP contribution in [0.5, 0.6) is 0 Å². The summed E-state index contributed by atoms with van der Waals surface area (Å²) in [6.07, 6.45) is 0. The van der Waals surface area contributed by atoms with E-state index in [9.17, 15) is 19.7 Å². The Balaban J connectivity index is 2.35. The lowest BCUT2D eigenvalue weighted by Gasteiger charge is -2.16. The van der Waals surface area contributed by atoms with Crippen LogP contribution >= 0.6 is 0 Å². The van der Waals surface area contributed by atoms with Gasteiger partial charge in [-0.25, -0.2) is 9.59 Å². The molecule has 8 nitrogen and oxygen atoms in total. The first-order valence-electron chi connectivity index (χ1n) is 5.08. The van der Waals surface area contributed by atoms with Crippen LogP contribution in [0.1, 0.15) is 0 Å². The molecule has 0 unspecified atom stereocenters. The van der Waals surface area contributed by atoms with Crippen LogP contribution < -0.4 is 10.3 Å². The zero-order valence-electron chi connectivity index (χ0n) is 9.78. The Hall–Kier alpha value is -2.48. The number of nitro groups is 1. The van der Waals surface area contributed by atoms with Crippen molar-refractivity contribution in [3.8, 4) is 0 Å². The minimum Gasteiger partial charge on any atom is -0.258 e. The standard InChI is InChI=1S/C10H10N4O4/c1-14(2)10(16)12(9(15)11-14)7-3-5-8(6-4-7)13(17)18/h3-6H,1-2H3/p+1. The van der Waals surface area contributed by atoms with Crippen molar-refractivity contribution < 1.29 is 19.1 Å². The Kier molecular flexibility index (Phi) is 2.51. The lowest BCUT2D eigenvalue weighted by atomic mass is 10.2. The number of rotatable bonds is 2. The number of nitro benzene ring substituents is 1. The summed E-state index contributed by atoms with van der Waals surface area (Å²) >= 11 is 0. The van der Waals surface area contributed by atoms with Crippen molar-refractivity contribution in [3.63, 3.8) is 0 Å². The van der Waals surface area contributed by atoms with Gasteiger partial charge in [0.25, 0.3) is 5.69 Å². The second-order valence-electron chi connectivity index (χ2n) is 4.26. The maximum absolute atomic E-state index is 11.9. The van der Waals surface area contributed by atoms with Crippen molar-refractivity contribution in [2.45, 2.75) is 0 Å². The summed E-state index contributed by atoms with van der Waals surface area (Å²) in [7, 11) is 3.07. The highest BCUT2D eigenvalue weighted by molar-refractivity contribution is 6.14. The third-order valence-corrected chi connectivity index (χ3v) is 2.57. The van der Waals surface area contributed by atoms with Gasteiger partial charge in [-0.1, -0.05) is 0 Å². The molecule has 1 saturated heterocycles. The number of hydrogen-bond acceptors (Lipinski definition) is 4. The second kappa shape index (κ2) is 3.77. The summed E-state index contributed by atoms with van der Waals surface area (Å²) in [5.41, 5.74) is 2.67. The van der Waals surface area contributed by atoms with Crippen LogP contribution in [0.4, 0.5) is 21.0 Å². The summed E-state index contributed by atoms with van der Waals surface area (Å²) in [6, 6.07) is 4.21. The molecule has 0 saturated carbocycles. The molecule has 4 amide bonds. The third-order valence-electron chi connectivity index (χ3n) is 2.57. The Morgan fingerprint density at radius 1 is 1.22 bits per heavy atom. The lowest BCUT2D eigenvalue weighted by Crippen LogP contribution is -2.49. The maximum atomic E-state index is 11.9. The zero-order valence-corrected chi connectivity index (χ0v) is 9.78. The quantitative estimate of drug-likeness (QED) is 0.486. The first kappa shape index (κ1) is 12.0. The molecule has 0 aliphatic carbocycles. The molecule has 18 heavy (non-hydrogen) atoms. The average Bonchev–Trinajstić information content (AvgIpc) is 2.48. The summed E-state index contributed by atoms with van der Waals surface area (Å²) in [5, 5.41) is 10.5. The molecular formula is C10H11N4O4+. The molecule has 1 heterocycles. The number of carbonyl (C=O) groups excluding carboxylic acids is 2. The number of nitrogens with one attached hydrogen (secondary N) is 1. The monoisotopic (exact) mass is 251 g/mol. The number of quaternary nitrogens is 1. The van der Waals surface area contributed by atoms with Crippen LogP contribution in [0, 0.1) is 10.1 Å². The van der Waals surface area contributed by atoms with Crippen molar-refractivity contribution in [2.24, 2.45) is 0 Å². The highest BCUT2D eigenvalue weighted by Gasteiger charge is 2.47. The fraction of sp³-hybridized carbons (Fsp3) is 0.200. The van der Waals surface area contributed by atoms with E-state index in [4.69, 9.17) is 0 Å². The predicted molar refractivity (Wildman–Crippen MR) is 61.6 cm³/mol. The van der Waals surface area contributed by atoms with Gasteiger partial charge in [0, 0.05) is 12.1 Å². The molecule has 0 atom stereocenters. The van der Waals surface area contributed by atoms with E-state index in [2.05, 4.69) is 5.43 Å². The van der Waals surface area contributed by atoms with Gasteiger partial charge in [-0.3, -0.25) is 10.1 Å². The minimum atomic E-state index is -0.557. The van der Waals surface area contributed by atoms with Gasteiger partial charge >= 0.3 is 12.1 Å². The molecule has 1 N–H and O–H groups in total. The van der Waals surface area contributed by atoms with Gasteiger partial charge in [-0.05, 0) is 12.1 Å². The Morgan fingerprint density at radius 2 is 1.78 bits per heavy atom. The molecule has 8 heteroatoms. The first-order chi connectivity index (χ1) is 8.33. The van der Waals surface area contributed by atoms with Gasteiger partial charge in [0.1, 0.15) is 14.1 Å². The number of carbonyl (C=O) groups is 2. The van der Waals surface area contributed by atoms with Crippen LogP contribution in [0.25, 0.3) is 0 Å². The smallest absolute Gasteiger partial charge is 0.258 e. The summed E-state index contributed by atoms with van der Waals surface area (Å²) < 4.78 is -0.296. The molecule has 2 rings (SSSR count). The predicted octanol–water partition coefficient (Wildman–Crippen LogP) is 1.24. The number of imide groups is 1. The number of urea groups is 2. The van der Waals surface area contributed by atoms with Crippen molar-refractivity contribution in [3.05, 3.63) is 34.4 Å². The number of anilines is 1. The molecule has 1 aromatic rings. The molecule has 1 aliphatic heterocycles. The van der Waals surface area contributed by atoms with Gasteiger partial charge < -0.3 is 0 Å². The lowest BCUT2D eigenvalue weighted by molar-refractivity contribution is -0.838. The van der Waals surface area contributed by atoms with E-state index in [-0.39, 0.29) is 10.3 Å². The van der Waals surface area contributed by atoms with Crippen LogP contribution in [-0.2, 0) is 0 Å². The highest BCUT2D eigenvalue weighted by Crippen LogP contribution is 2.24. The molecule has 0 aromatic heterocycles. The van der Waals surface area contributed by atoms with Crippen molar-refractivity contribution in [1.29, 1.82) is 0 Å². The van der Waals surface area contributed by atoms with E-state index in [0.717, 1.165) is 4.90 Å². The zero-order chi connectivity index (χ0) is 13.5. The van der Waals surface area contributed by atoms with Crippen molar-refractivity contribution >= 4 is 23.4 Å². The molecule has 0 bridgehead atoms. The number of benzene rings is 1. The number of nitrogens with zero attached hydrogens (tertiary/aromatic N) is 3. The van der Waals surface area contributed by atoms with Crippen LogP contribution in [0.2, 0.25) is 0 Å². The van der Waals surface area contributed by atoms with E-state index in [1.54, 1.807) is 0 Å². The van der Waals surface area contributed by atoms with Crippen LogP contribution in [-0.4, -0.2) is 35.7 Å². The molecule has 1 fully saturated rings. The first-order valence-corrected chi connectivity index (χ1v) is 5.08. The topological polar surface area (TPSA) is 92.6 Å². The van der Waals surface area contributed by atoms with Gasteiger partial charge in [-0.2, -0.15) is 10.3 Å². The van der Waals surface area contributed by atoms with Gasteiger partial charge in [-0.15, -0.1) is 4.59 Å². The molecule has 0 spiro atoms. The number of amides is 4. The number of non-ortho nitro benzene ring substituents is 1. The SMILES string of the molecule is C[N+]1(C)NC(=O)N(c2ccc([N+](=O)[O-])cc2)C1=O. The van der Waals surface area contributed by atoms with Crippen molar-refractivity contribution in [2.75, 3.05) is 19.0 Å². The van der Waals surface area contributed by atoms with E-state index >= 15 is 0 Å². The molecular weight excluding hydrogens is 240 g/mol. The Labute approximate surface area is 102 Å². The van der Waals surface area contributed by atoms with E-state index in [1.165, 1.54) is 38.4 Å². The molecule has 94 valence electrons. The summed E-state index contributed by atoms with van der Waals surface area (Å²) in [4.78, 5) is 34.5. The van der Waals surface area contributed by atoms with E-state index in [0.29, 0.717) is 5.69 Å². The minimum absolute atomic E-state index is 0.0976. The Bertz CT molecular complexity index is 537. The summed E-state index contributed by atoms with van der Waals surface area (Å²) in [5.74, 6) is 0. The van der Waals surface area contributed by atoms with Crippen LogP contribution in [0.15, 0.2) is 24.3 Å². The maximum Gasteiger partial charge on any atom is 0.456 e. The fourth-order valence-corrected chi connectivity index (χ4v) is 1.62. The molecule has 1 aliphatic rings. The third kappa shape index (κ3) is 1.78. The number of hydrogen-bond donors (Lipinski definition) is 1. The fourth-order valence-electron chi connectivity index (χ4n) is 1.62. The van der Waals surface area contributed by atoms with Gasteiger partial charge in [0.2, 0.25) is 0 Å². The van der Waals surface area contributed by atoms with Gasteiger partial charge in [0.05, 0.1) is 10.6 Å². The van der Waals surface area contributed by atoms with Crippen LogP contribution in [0.3, 0.4) is 0 Å². The van der Waals surface area contributed by atoms with E-state index in [1.807, 2.05) is 0 Å². The largest absolute Gasteiger partial charge is 0.456 e. The second-order valence-corrected chi connectivity index (χ2v) is 4.26. The van der Waals surface area contributed by atoms with Crippen molar-refractivity contribution in [1.82, 2.24) is 5.43 Å². The van der Waals surface area contributed by atoms with Gasteiger partial charge in [0.15, 0.2) is 0 Å². The highest BCUT2D eigenvalue weighted by atomic mass is 16.6. The van der Waals surface area contributed by atoms with E-state index < -0.39 is 17.0 Å². The molecule has 1 aromatic carbocycles. The molecule has 0 radical (unpaired) electrons. The normalized spacial score (nSPS) is 17.8.